The van der Waals surface area contributed by atoms with Crippen molar-refractivity contribution in [1.82, 2.24) is 4.90 Å². The van der Waals surface area contributed by atoms with E-state index in [-0.39, 0.29) is 11.9 Å². The molecule has 0 radical (unpaired) electrons. The number of hydrogen-bond acceptors (Lipinski definition) is 2. The molecule has 4 heteroatoms. The van der Waals surface area contributed by atoms with Crippen LogP contribution >= 0.6 is 15.9 Å². The van der Waals surface area contributed by atoms with Gasteiger partial charge < -0.3 is 10.6 Å². The maximum atomic E-state index is 11.2. The normalized spacial score (nSPS) is 20.9. The van der Waals surface area contributed by atoms with Crippen LogP contribution in [0.3, 0.4) is 0 Å². The molecule has 1 aromatic rings. The van der Waals surface area contributed by atoms with E-state index < -0.39 is 0 Å². The molecule has 0 spiro atoms. The van der Waals surface area contributed by atoms with Crippen LogP contribution in [-0.4, -0.2) is 23.4 Å². The van der Waals surface area contributed by atoms with Crippen LogP contribution in [0.4, 0.5) is 0 Å². The highest BCUT2D eigenvalue weighted by atomic mass is 79.9. The molecule has 1 aromatic carbocycles. The minimum atomic E-state index is -0.273. The van der Waals surface area contributed by atoms with Crippen LogP contribution in [-0.2, 0) is 11.3 Å². The van der Waals surface area contributed by atoms with E-state index in [0.29, 0.717) is 13.1 Å². The molecule has 2 rings (SSSR count). The number of carbonyl (C=O) groups is 1. The molecule has 0 bridgehead atoms. The SMILES string of the molecule is NC1CN(Cc2ccc(Br)cc2)C1=O. The van der Waals surface area contributed by atoms with E-state index in [0.717, 1.165) is 10.0 Å². The van der Waals surface area contributed by atoms with Gasteiger partial charge in [0.2, 0.25) is 5.91 Å². The lowest BCUT2D eigenvalue weighted by molar-refractivity contribution is -0.143. The fourth-order valence-electron chi connectivity index (χ4n) is 1.48. The maximum absolute atomic E-state index is 11.2. The van der Waals surface area contributed by atoms with Gasteiger partial charge in [0, 0.05) is 17.6 Å². The lowest BCUT2D eigenvalue weighted by Crippen LogP contribution is -2.60. The Morgan fingerprint density at radius 2 is 2.07 bits per heavy atom. The Bertz CT molecular complexity index is 350. The number of nitrogens with two attached hydrogens (primary N) is 1. The summed E-state index contributed by atoms with van der Waals surface area (Å²) in [6.45, 7) is 1.34. The molecule has 0 aliphatic carbocycles. The minimum absolute atomic E-state index is 0.0490. The van der Waals surface area contributed by atoms with Gasteiger partial charge in [0.05, 0.1) is 0 Å². The summed E-state index contributed by atoms with van der Waals surface area (Å²) >= 11 is 3.36. The summed E-state index contributed by atoms with van der Waals surface area (Å²) < 4.78 is 1.05. The van der Waals surface area contributed by atoms with Crippen molar-refractivity contribution in [3.63, 3.8) is 0 Å². The predicted octanol–water partition coefficient (Wildman–Crippen LogP) is 1.12. The third-order valence-electron chi connectivity index (χ3n) is 2.33. The van der Waals surface area contributed by atoms with Gasteiger partial charge in [-0.3, -0.25) is 4.79 Å². The van der Waals surface area contributed by atoms with Gasteiger partial charge in [-0.2, -0.15) is 0 Å². The lowest BCUT2D eigenvalue weighted by Gasteiger charge is -2.36. The van der Waals surface area contributed by atoms with E-state index >= 15 is 0 Å². The average Bonchev–Trinajstić information content (AvgIpc) is 2.20. The third-order valence-corrected chi connectivity index (χ3v) is 2.86. The number of benzene rings is 1. The second-order valence-corrected chi connectivity index (χ2v) is 4.37. The molecule has 1 unspecified atom stereocenters. The molecule has 14 heavy (non-hydrogen) atoms. The fourth-order valence-corrected chi connectivity index (χ4v) is 1.74. The summed E-state index contributed by atoms with van der Waals surface area (Å²) in [4.78, 5) is 13.0. The van der Waals surface area contributed by atoms with Crippen LogP contribution in [0.1, 0.15) is 5.56 Å². The maximum Gasteiger partial charge on any atom is 0.241 e. The van der Waals surface area contributed by atoms with Crippen molar-refractivity contribution < 1.29 is 4.79 Å². The molecular weight excluding hydrogens is 244 g/mol. The first-order valence-electron chi connectivity index (χ1n) is 4.45. The molecular formula is C10H11BrN2O. The zero-order chi connectivity index (χ0) is 10.1. The highest BCUT2D eigenvalue weighted by Crippen LogP contribution is 2.15. The van der Waals surface area contributed by atoms with Gasteiger partial charge in [-0.05, 0) is 17.7 Å². The van der Waals surface area contributed by atoms with E-state index in [1.807, 2.05) is 24.3 Å². The summed E-state index contributed by atoms with van der Waals surface area (Å²) in [5, 5.41) is 0. The summed E-state index contributed by atoms with van der Waals surface area (Å²) in [5.41, 5.74) is 6.62. The number of rotatable bonds is 2. The number of carbonyl (C=O) groups excluding carboxylic acids is 1. The molecule has 0 aromatic heterocycles. The van der Waals surface area contributed by atoms with E-state index in [1.54, 1.807) is 4.90 Å². The quantitative estimate of drug-likeness (QED) is 0.805. The molecule has 3 nitrogen and oxygen atoms in total. The van der Waals surface area contributed by atoms with Gasteiger partial charge >= 0.3 is 0 Å². The van der Waals surface area contributed by atoms with E-state index in [2.05, 4.69) is 15.9 Å². The minimum Gasteiger partial charge on any atom is -0.335 e. The highest BCUT2D eigenvalue weighted by Gasteiger charge is 2.32. The molecule has 1 atom stereocenters. The second-order valence-electron chi connectivity index (χ2n) is 3.45. The van der Waals surface area contributed by atoms with Gasteiger partial charge in [0.15, 0.2) is 0 Å². The topological polar surface area (TPSA) is 46.3 Å². The smallest absolute Gasteiger partial charge is 0.241 e. The van der Waals surface area contributed by atoms with Gasteiger partial charge in [-0.25, -0.2) is 0 Å². The Morgan fingerprint density at radius 1 is 1.43 bits per heavy atom. The van der Waals surface area contributed by atoms with Crippen molar-refractivity contribution in [3.05, 3.63) is 34.3 Å². The molecule has 1 aliphatic heterocycles. The Morgan fingerprint density at radius 3 is 2.57 bits per heavy atom. The molecule has 0 saturated carbocycles. The molecule has 74 valence electrons. The Hall–Kier alpha value is -0.870. The second kappa shape index (κ2) is 3.71. The molecule has 1 amide bonds. The lowest BCUT2D eigenvalue weighted by atomic mass is 10.1. The number of hydrogen-bond donors (Lipinski definition) is 1. The predicted molar refractivity (Wildman–Crippen MR) is 57.5 cm³/mol. The van der Waals surface area contributed by atoms with E-state index in [9.17, 15) is 4.79 Å². The number of halogens is 1. The zero-order valence-electron chi connectivity index (χ0n) is 7.61. The van der Waals surface area contributed by atoms with Crippen LogP contribution in [0, 0.1) is 0 Å². The number of likely N-dealkylation sites (tertiary alicyclic amines) is 1. The van der Waals surface area contributed by atoms with Crippen LogP contribution < -0.4 is 5.73 Å². The molecule has 1 fully saturated rings. The van der Waals surface area contributed by atoms with Crippen LogP contribution in [0.25, 0.3) is 0 Å². The zero-order valence-corrected chi connectivity index (χ0v) is 9.20. The van der Waals surface area contributed by atoms with E-state index in [4.69, 9.17) is 5.73 Å². The molecule has 1 saturated heterocycles. The van der Waals surface area contributed by atoms with Gasteiger partial charge in [0.1, 0.15) is 6.04 Å². The first-order chi connectivity index (χ1) is 6.66. The summed E-state index contributed by atoms with van der Waals surface area (Å²) in [6, 6.07) is 7.67. The van der Waals surface area contributed by atoms with Crippen molar-refractivity contribution in [2.45, 2.75) is 12.6 Å². The van der Waals surface area contributed by atoms with Gasteiger partial charge in [0.25, 0.3) is 0 Å². The number of amides is 1. The standard InChI is InChI=1S/C10H11BrN2O/c11-8-3-1-7(2-4-8)5-13-6-9(12)10(13)14/h1-4,9H,5-6,12H2. The number of β-lactam (4-membered cyclic amide) rings is 1. The Balaban J connectivity index is 1.99. The molecule has 1 heterocycles. The van der Waals surface area contributed by atoms with Crippen molar-refractivity contribution >= 4 is 21.8 Å². The van der Waals surface area contributed by atoms with Crippen LogP contribution in [0.15, 0.2) is 28.7 Å². The summed E-state index contributed by atoms with van der Waals surface area (Å²) in [5.74, 6) is 0.0490. The van der Waals surface area contributed by atoms with Crippen molar-refractivity contribution in [2.75, 3.05) is 6.54 Å². The monoisotopic (exact) mass is 254 g/mol. The van der Waals surface area contributed by atoms with Crippen LogP contribution in [0.2, 0.25) is 0 Å². The Labute approximate surface area is 91.0 Å². The third kappa shape index (κ3) is 1.81. The fraction of sp³-hybridized carbons (Fsp3) is 0.300. The number of nitrogens with zero attached hydrogens (tertiary/aromatic N) is 1. The van der Waals surface area contributed by atoms with Crippen molar-refractivity contribution in [2.24, 2.45) is 5.73 Å². The highest BCUT2D eigenvalue weighted by molar-refractivity contribution is 9.10. The molecule has 2 N–H and O–H groups in total. The van der Waals surface area contributed by atoms with E-state index in [1.165, 1.54) is 0 Å². The first-order valence-corrected chi connectivity index (χ1v) is 5.25. The van der Waals surface area contributed by atoms with Gasteiger partial charge in [-0.15, -0.1) is 0 Å². The average molecular weight is 255 g/mol. The van der Waals surface area contributed by atoms with Crippen molar-refractivity contribution in [3.8, 4) is 0 Å². The summed E-state index contributed by atoms with van der Waals surface area (Å²) in [6.07, 6.45) is 0. The summed E-state index contributed by atoms with van der Waals surface area (Å²) in [7, 11) is 0. The van der Waals surface area contributed by atoms with Crippen molar-refractivity contribution in [1.29, 1.82) is 0 Å². The first kappa shape index (κ1) is 9.68. The Kier molecular flexibility index (Phi) is 2.56. The van der Waals surface area contributed by atoms with Crippen LogP contribution in [0.5, 0.6) is 0 Å². The molecule has 1 aliphatic rings. The van der Waals surface area contributed by atoms with Gasteiger partial charge in [-0.1, -0.05) is 28.1 Å². The largest absolute Gasteiger partial charge is 0.335 e.